The molecule has 116 valence electrons. The molecular weight excluding hydrogens is 313 g/mol. The van der Waals surface area contributed by atoms with Crippen molar-refractivity contribution >= 4 is 33.1 Å². The van der Waals surface area contributed by atoms with Crippen LogP contribution in [0.25, 0.3) is 0 Å². The Morgan fingerprint density at radius 2 is 2.19 bits per heavy atom. The van der Waals surface area contributed by atoms with Gasteiger partial charge in [0, 0.05) is 12.6 Å². The van der Waals surface area contributed by atoms with Gasteiger partial charge < -0.3 is 5.73 Å². The van der Waals surface area contributed by atoms with E-state index in [4.69, 9.17) is 18.0 Å². The third-order valence-corrected chi connectivity index (χ3v) is 5.39. The van der Waals surface area contributed by atoms with Crippen molar-refractivity contribution in [3.8, 4) is 0 Å². The second-order valence-corrected chi connectivity index (χ2v) is 7.15. The average Bonchev–Trinajstić information content (AvgIpc) is 2.38. The molecule has 0 radical (unpaired) electrons. The summed E-state index contributed by atoms with van der Waals surface area (Å²) in [5.41, 5.74) is 5.47. The van der Waals surface area contributed by atoms with Crippen LogP contribution in [0, 0.1) is 5.82 Å². The van der Waals surface area contributed by atoms with Gasteiger partial charge in [0.2, 0.25) is 0 Å². The molecule has 3 N–H and O–H groups in total. The molecule has 5 nitrogen and oxygen atoms in total. The topological polar surface area (TPSA) is 75.4 Å². The van der Waals surface area contributed by atoms with Gasteiger partial charge in [0.25, 0.3) is 0 Å². The minimum atomic E-state index is -3.76. The molecular formula is C13H18FN3O2S2. The molecule has 0 saturated carbocycles. The standard InChI is InChI=1S/C13H18FN3O2S2/c1-9-5-2-3-8-17(9)21(18,19)16-11-7-4-6-10(14)12(11)13(15)20/h4,6-7,9,16H,2-3,5,8H2,1H3,(H2,15,20). The van der Waals surface area contributed by atoms with Crippen LogP contribution in [-0.4, -0.2) is 30.3 Å². The zero-order chi connectivity index (χ0) is 15.6. The highest BCUT2D eigenvalue weighted by Crippen LogP contribution is 2.24. The fraction of sp³-hybridized carbons (Fsp3) is 0.462. The van der Waals surface area contributed by atoms with Crippen LogP contribution in [0.15, 0.2) is 18.2 Å². The molecule has 21 heavy (non-hydrogen) atoms. The predicted octanol–water partition coefficient (Wildman–Crippen LogP) is 1.99. The molecule has 1 aromatic rings. The van der Waals surface area contributed by atoms with E-state index < -0.39 is 16.0 Å². The molecule has 1 fully saturated rings. The van der Waals surface area contributed by atoms with Crippen molar-refractivity contribution in [2.24, 2.45) is 5.73 Å². The summed E-state index contributed by atoms with van der Waals surface area (Å²) in [7, 11) is -3.76. The molecule has 0 aliphatic carbocycles. The molecule has 1 saturated heterocycles. The van der Waals surface area contributed by atoms with Crippen molar-refractivity contribution in [2.45, 2.75) is 32.2 Å². The third-order valence-electron chi connectivity index (χ3n) is 3.55. The van der Waals surface area contributed by atoms with E-state index in [-0.39, 0.29) is 22.3 Å². The smallest absolute Gasteiger partial charge is 0.301 e. The van der Waals surface area contributed by atoms with Crippen LogP contribution < -0.4 is 10.5 Å². The largest absolute Gasteiger partial charge is 0.389 e. The quantitative estimate of drug-likeness (QED) is 0.828. The molecule has 0 bridgehead atoms. The van der Waals surface area contributed by atoms with E-state index in [2.05, 4.69) is 4.72 Å². The Labute approximate surface area is 129 Å². The highest BCUT2D eigenvalue weighted by molar-refractivity contribution is 7.90. The lowest BCUT2D eigenvalue weighted by Gasteiger charge is -2.32. The Kier molecular flexibility index (Phi) is 4.80. The van der Waals surface area contributed by atoms with Crippen LogP contribution in [0.2, 0.25) is 0 Å². The van der Waals surface area contributed by atoms with E-state index in [0.717, 1.165) is 19.3 Å². The van der Waals surface area contributed by atoms with Crippen LogP contribution in [0.3, 0.4) is 0 Å². The van der Waals surface area contributed by atoms with Crippen molar-refractivity contribution in [3.05, 3.63) is 29.6 Å². The summed E-state index contributed by atoms with van der Waals surface area (Å²) in [5.74, 6) is -0.644. The molecule has 0 spiro atoms. The summed E-state index contributed by atoms with van der Waals surface area (Å²) < 4.78 is 42.5. The Morgan fingerprint density at radius 3 is 2.81 bits per heavy atom. The molecule has 8 heteroatoms. The fourth-order valence-electron chi connectivity index (χ4n) is 2.49. The summed E-state index contributed by atoms with van der Waals surface area (Å²) in [4.78, 5) is -0.183. The number of benzene rings is 1. The maximum Gasteiger partial charge on any atom is 0.301 e. The first-order valence-corrected chi connectivity index (χ1v) is 8.55. The number of piperidine rings is 1. The first-order chi connectivity index (χ1) is 9.83. The van der Waals surface area contributed by atoms with Gasteiger partial charge in [-0.05, 0) is 31.9 Å². The van der Waals surface area contributed by atoms with Crippen LogP contribution >= 0.6 is 12.2 Å². The highest BCUT2D eigenvalue weighted by Gasteiger charge is 2.30. The van der Waals surface area contributed by atoms with Gasteiger partial charge in [0.15, 0.2) is 0 Å². The molecule has 2 rings (SSSR count). The van der Waals surface area contributed by atoms with Crippen molar-refractivity contribution in [1.29, 1.82) is 0 Å². The SMILES string of the molecule is CC1CCCCN1S(=O)(=O)Nc1cccc(F)c1C(N)=S. The molecule has 1 aliphatic heterocycles. The van der Waals surface area contributed by atoms with Crippen LogP contribution in [-0.2, 0) is 10.2 Å². The number of thiocarbonyl (C=S) groups is 1. The first-order valence-electron chi connectivity index (χ1n) is 6.71. The number of rotatable bonds is 4. The maximum absolute atomic E-state index is 13.8. The van der Waals surface area contributed by atoms with Crippen molar-refractivity contribution in [1.82, 2.24) is 4.31 Å². The lowest BCUT2D eigenvalue weighted by molar-refractivity contribution is 0.270. The van der Waals surface area contributed by atoms with E-state index in [1.54, 1.807) is 0 Å². The summed E-state index contributed by atoms with van der Waals surface area (Å²) in [5, 5.41) is 0. The number of nitrogens with one attached hydrogen (secondary N) is 1. The van der Waals surface area contributed by atoms with Crippen molar-refractivity contribution < 1.29 is 12.8 Å². The van der Waals surface area contributed by atoms with Gasteiger partial charge in [-0.2, -0.15) is 12.7 Å². The summed E-state index contributed by atoms with van der Waals surface area (Å²) >= 11 is 4.80. The Morgan fingerprint density at radius 1 is 1.48 bits per heavy atom. The number of anilines is 1. The Hall–Kier alpha value is -1.25. The van der Waals surface area contributed by atoms with Gasteiger partial charge in [-0.3, -0.25) is 4.72 Å². The molecule has 1 aliphatic rings. The zero-order valence-corrected chi connectivity index (χ0v) is 13.3. The monoisotopic (exact) mass is 331 g/mol. The van der Waals surface area contributed by atoms with E-state index in [1.807, 2.05) is 6.92 Å². The first kappa shape index (κ1) is 16.1. The van der Waals surface area contributed by atoms with Crippen LogP contribution in [0.4, 0.5) is 10.1 Å². The normalized spacial score (nSPS) is 20.2. The predicted molar refractivity (Wildman–Crippen MR) is 84.8 cm³/mol. The summed E-state index contributed by atoms with van der Waals surface area (Å²) in [6.07, 6.45) is 2.63. The van der Waals surface area contributed by atoms with Crippen LogP contribution in [0.1, 0.15) is 31.7 Å². The van der Waals surface area contributed by atoms with Gasteiger partial charge in [-0.25, -0.2) is 4.39 Å². The van der Waals surface area contributed by atoms with Crippen molar-refractivity contribution in [2.75, 3.05) is 11.3 Å². The minimum absolute atomic E-state index is 0.0697. The number of nitrogens with two attached hydrogens (primary N) is 1. The van der Waals surface area contributed by atoms with Gasteiger partial charge in [-0.1, -0.05) is 24.7 Å². The molecule has 1 atom stereocenters. The summed E-state index contributed by atoms with van der Waals surface area (Å²) in [6, 6.07) is 3.96. The number of hydrogen-bond donors (Lipinski definition) is 2. The number of hydrogen-bond acceptors (Lipinski definition) is 3. The fourth-order valence-corrected chi connectivity index (χ4v) is 4.21. The number of halogens is 1. The summed E-state index contributed by atoms with van der Waals surface area (Å²) in [6.45, 7) is 2.31. The second-order valence-electron chi connectivity index (χ2n) is 5.09. The second kappa shape index (κ2) is 6.25. The van der Waals surface area contributed by atoms with E-state index in [1.165, 1.54) is 22.5 Å². The Balaban J connectivity index is 2.33. The lowest BCUT2D eigenvalue weighted by Crippen LogP contribution is -2.45. The average molecular weight is 331 g/mol. The van der Waals surface area contributed by atoms with E-state index >= 15 is 0 Å². The van der Waals surface area contributed by atoms with Gasteiger partial charge in [0.1, 0.15) is 10.8 Å². The van der Waals surface area contributed by atoms with Crippen LogP contribution in [0.5, 0.6) is 0 Å². The van der Waals surface area contributed by atoms with E-state index in [0.29, 0.717) is 6.54 Å². The molecule has 1 heterocycles. The molecule has 0 aromatic heterocycles. The van der Waals surface area contributed by atoms with Gasteiger partial charge >= 0.3 is 10.2 Å². The number of nitrogens with zero attached hydrogens (tertiary/aromatic N) is 1. The third kappa shape index (κ3) is 3.50. The van der Waals surface area contributed by atoms with E-state index in [9.17, 15) is 12.8 Å². The maximum atomic E-state index is 13.8. The zero-order valence-electron chi connectivity index (χ0n) is 11.7. The van der Waals surface area contributed by atoms with Crippen molar-refractivity contribution in [3.63, 3.8) is 0 Å². The lowest BCUT2D eigenvalue weighted by atomic mass is 10.1. The molecule has 0 amide bonds. The molecule has 1 unspecified atom stereocenters. The Bertz CT molecular complexity index is 649. The van der Waals surface area contributed by atoms with Gasteiger partial charge in [0.05, 0.1) is 11.3 Å². The minimum Gasteiger partial charge on any atom is -0.389 e. The molecule has 1 aromatic carbocycles. The highest BCUT2D eigenvalue weighted by atomic mass is 32.2. The van der Waals surface area contributed by atoms with Gasteiger partial charge in [-0.15, -0.1) is 0 Å².